The van der Waals surface area contributed by atoms with Crippen LogP contribution in [-0.2, 0) is 9.47 Å². The van der Waals surface area contributed by atoms with Gasteiger partial charge in [0, 0.05) is 0 Å². The van der Waals surface area contributed by atoms with Gasteiger partial charge in [0.2, 0.25) is 0 Å². The summed E-state index contributed by atoms with van der Waals surface area (Å²) in [5.74, 6) is -0.732. The summed E-state index contributed by atoms with van der Waals surface area (Å²) in [6.45, 7) is 8.07. The summed E-state index contributed by atoms with van der Waals surface area (Å²) in [7, 11) is 0. The summed E-state index contributed by atoms with van der Waals surface area (Å²) in [4.78, 5) is 0. The Kier molecular flexibility index (Phi) is 9.67. The van der Waals surface area contributed by atoms with Gasteiger partial charge in [-0.1, -0.05) is 65.2 Å². The van der Waals surface area contributed by atoms with Crippen molar-refractivity contribution < 1.29 is 19.7 Å². The molecule has 0 spiro atoms. The molecule has 0 aromatic heterocycles. The minimum Gasteiger partial charge on any atom is -0.390 e. The van der Waals surface area contributed by atoms with Gasteiger partial charge in [0.15, 0.2) is 5.79 Å². The molecule has 2 N–H and O–H groups in total. The number of hydrogen-bond donors (Lipinski definition) is 2. The molecule has 1 heterocycles. The number of hydrogen-bond acceptors (Lipinski definition) is 4. The number of aliphatic hydroxyl groups is 2. The quantitative estimate of drug-likeness (QED) is 0.527. The zero-order valence-electron chi connectivity index (χ0n) is 15.6. The molecule has 0 amide bonds. The van der Waals surface area contributed by atoms with E-state index in [-0.39, 0.29) is 0 Å². The molecule has 0 aromatic rings. The molecule has 0 saturated carbocycles. The summed E-state index contributed by atoms with van der Waals surface area (Å²) in [6.07, 6.45) is 8.47. The van der Waals surface area contributed by atoms with Crippen LogP contribution in [0.25, 0.3) is 0 Å². The van der Waals surface area contributed by atoms with E-state index >= 15 is 0 Å². The van der Waals surface area contributed by atoms with Crippen LogP contribution in [0.4, 0.5) is 0 Å². The van der Waals surface area contributed by atoms with Crippen LogP contribution in [0.15, 0.2) is 0 Å². The van der Waals surface area contributed by atoms with Gasteiger partial charge in [-0.25, -0.2) is 0 Å². The second-order valence-corrected chi connectivity index (χ2v) is 7.40. The summed E-state index contributed by atoms with van der Waals surface area (Å²) in [5.41, 5.74) is 0. The molecule has 0 radical (unpaired) electrons. The van der Waals surface area contributed by atoms with Crippen molar-refractivity contribution in [2.45, 2.75) is 122 Å². The van der Waals surface area contributed by atoms with Crippen LogP contribution >= 0.6 is 0 Å². The number of aliphatic hydroxyl groups excluding tert-OH is 2. The predicted molar refractivity (Wildman–Crippen MR) is 93.4 cm³/mol. The van der Waals surface area contributed by atoms with Gasteiger partial charge in [0.05, 0.1) is 12.2 Å². The van der Waals surface area contributed by atoms with Crippen LogP contribution in [0.1, 0.15) is 91.9 Å². The van der Waals surface area contributed by atoms with E-state index in [4.69, 9.17) is 9.47 Å². The van der Waals surface area contributed by atoms with Crippen molar-refractivity contribution in [2.24, 2.45) is 0 Å². The highest BCUT2D eigenvalue weighted by molar-refractivity contribution is 4.90. The van der Waals surface area contributed by atoms with Crippen LogP contribution in [0.2, 0.25) is 0 Å². The van der Waals surface area contributed by atoms with Gasteiger partial charge in [-0.15, -0.1) is 0 Å². The fraction of sp³-hybridized carbons (Fsp3) is 1.00. The highest BCUT2D eigenvalue weighted by Gasteiger charge is 2.47. The molecule has 0 bridgehead atoms. The average Bonchev–Trinajstić information content (AvgIpc) is 2.84. The highest BCUT2D eigenvalue weighted by atomic mass is 16.8. The van der Waals surface area contributed by atoms with E-state index in [1.54, 1.807) is 0 Å². The van der Waals surface area contributed by atoms with Crippen molar-refractivity contribution in [3.63, 3.8) is 0 Å². The summed E-state index contributed by atoms with van der Waals surface area (Å²) in [5, 5.41) is 21.0. The first-order valence-electron chi connectivity index (χ1n) is 9.63. The predicted octanol–water partition coefficient (Wildman–Crippen LogP) is 4.17. The lowest BCUT2D eigenvalue weighted by atomic mass is 9.96. The van der Waals surface area contributed by atoms with Crippen LogP contribution in [0, 0.1) is 0 Å². The standard InChI is InChI=1S/C19H38O4/c1-5-7-9-11-13-15(20)17-18(23-19(3,4)22-17)16(21)14-12-10-8-6-2/h15-18,20-21H,5-14H2,1-4H3/t15-,16-,17+,18+/m0/s1. The molecule has 0 aromatic carbocycles. The molecule has 0 unspecified atom stereocenters. The third kappa shape index (κ3) is 7.51. The molecule has 4 heteroatoms. The lowest BCUT2D eigenvalue weighted by Gasteiger charge is -2.25. The maximum atomic E-state index is 10.5. The smallest absolute Gasteiger partial charge is 0.164 e. The normalized spacial score (nSPS) is 26.3. The van der Waals surface area contributed by atoms with E-state index < -0.39 is 30.2 Å². The Bertz CT molecular complexity index is 278. The van der Waals surface area contributed by atoms with Gasteiger partial charge in [-0.05, 0) is 26.7 Å². The molecular weight excluding hydrogens is 292 g/mol. The third-order valence-electron chi connectivity index (χ3n) is 4.63. The first kappa shape index (κ1) is 20.9. The van der Waals surface area contributed by atoms with Gasteiger partial charge in [-0.2, -0.15) is 0 Å². The number of unbranched alkanes of at least 4 members (excludes halogenated alkanes) is 6. The van der Waals surface area contributed by atoms with Crippen molar-refractivity contribution in [1.82, 2.24) is 0 Å². The van der Waals surface area contributed by atoms with Crippen LogP contribution < -0.4 is 0 Å². The van der Waals surface area contributed by atoms with Crippen molar-refractivity contribution >= 4 is 0 Å². The van der Waals surface area contributed by atoms with Crippen molar-refractivity contribution in [3.05, 3.63) is 0 Å². The van der Waals surface area contributed by atoms with Gasteiger partial charge in [0.25, 0.3) is 0 Å². The van der Waals surface area contributed by atoms with Crippen LogP contribution in [0.3, 0.4) is 0 Å². The zero-order chi connectivity index (χ0) is 17.3. The molecule has 1 aliphatic heterocycles. The molecule has 4 atom stereocenters. The largest absolute Gasteiger partial charge is 0.390 e. The topological polar surface area (TPSA) is 58.9 Å². The van der Waals surface area contributed by atoms with Crippen LogP contribution in [0.5, 0.6) is 0 Å². The van der Waals surface area contributed by atoms with Gasteiger partial charge in [-0.3, -0.25) is 0 Å². The van der Waals surface area contributed by atoms with E-state index in [1.807, 2.05) is 13.8 Å². The van der Waals surface area contributed by atoms with E-state index in [0.717, 1.165) is 25.7 Å². The Hall–Kier alpha value is -0.160. The first-order valence-corrected chi connectivity index (χ1v) is 9.63. The van der Waals surface area contributed by atoms with Gasteiger partial charge in [0.1, 0.15) is 12.2 Å². The minimum absolute atomic E-state index is 0.423. The summed E-state index contributed by atoms with van der Waals surface area (Å²) < 4.78 is 11.8. The molecule has 1 saturated heterocycles. The summed E-state index contributed by atoms with van der Waals surface area (Å²) in [6, 6.07) is 0. The monoisotopic (exact) mass is 330 g/mol. The average molecular weight is 331 g/mol. The van der Waals surface area contributed by atoms with Gasteiger partial charge >= 0.3 is 0 Å². The Labute approximate surface area is 142 Å². The fourth-order valence-corrected chi connectivity index (χ4v) is 3.30. The molecule has 1 aliphatic rings. The zero-order valence-corrected chi connectivity index (χ0v) is 15.6. The highest BCUT2D eigenvalue weighted by Crippen LogP contribution is 2.34. The van der Waals surface area contributed by atoms with E-state index in [1.165, 1.54) is 25.7 Å². The second kappa shape index (κ2) is 10.7. The summed E-state index contributed by atoms with van der Waals surface area (Å²) >= 11 is 0. The Morgan fingerprint density at radius 2 is 1.13 bits per heavy atom. The molecular formula is C19H38O4. The van der Waals surface area contributed by atoms with Crippen molar-refractivity contribution in [1.29, 1.82) is 0 Å². The SMILES string of the molecule is CCCCCC[C@H](O)[C@H]1OC(C)(C)O[C@@H]1[C@@H](O)CCCCCC. The minimum atomic E-state index is -0.732. The number of rotatable bonds is 12. The van der Waals surface area contributed by atoms with Gasteiger partial charge < -0.3 is 19.7 Å². The Morgan fingerprint density at radius 3 is 1.48 bits per heavy atom. The Morgan fingerprint density at radius 1 is 0.739 bits per heavy atom. The van der Waals surface area contributed by atoms with Crippen molar-refractivity contribution in [2.75, 3.05) is 0 Å². The molecule has 0 aliphatic carbocycles. The molecule has 138 valence electrons. The first-order chi connectivity index (χ1) is 10.9. The lowest BCUT2D eigenvalue weighted by Crippen LogP contribution is -2.42. The maximum absolute atomic E-state index is 10.5. The van der Waals surface area contributed by atoms with Crippen molar-refractivity contribution in [3.8, 4) is 0 Å². The Balaban J connectivity index is 2.49. The third-order valence-corrected chi connectivity index (χ3v) is 4.63. The van der Waals surface area contributed by atoms with E-state index in [0.29, 0.717) is 12.8 Å². The maximum Gasteiger partial charge on any atom is 0.164 e. The molecule has 23 heavy (non-hydrogen) atoms. The molecule has 1 rings (SSSR count). The van der Waals surface area contributed by atoms with E-state index in [2.05, 4.69) is 13.8 Å². The lowest BCUT2D eigenvalue weighted by molar-refractivity contribution is -0.161. The molecule has 1 fully saturated rings. The number of ether oxygens (including phenoxy) is 2. The molecule has 4 nitrogen and oxygen atoms in total. The van der Waals surface area contributed by atoms with E-state index in [9.17, 15) is 10.2 Å². The van der Waals surface area contributed by atoms with Crippen LogP contribution in [-0.4, -0.2) is 40.4 Å². The fourth-order valence-electron chi connectivity index (χ4n) is 3.30. The second-order valence-electron chi connectivity index (χ2n) is 7.40.